The summed E-state index contributed by atoms with van der Waals surface area (Å²) in [6.07, 6.45) is 0. The van der Waals surface area contributed by atoms with Gasteiger partial charge in [0.1, 0.15) is 0 Å². The van der Waals surface area contributed by atoms with Gasteiger partial charge in [0, 0.05) is 19.6 Å². The van der Waals surface area contributed by atoms with Gasteiger partial charge in [-0.3, -0.25) is 4.79 Å². The average molecular weight is 274 g/mol. The van der Waals surface area contributed by atoms with E-state index in [0.717, 1.165) is 12.1 Å². The third-order valence-corrected chi connectivity index (χ3v) is 2.77. The van der Waals surface area contributed by atoms with Crippen LogP contribution in [0, 0.1) is 17.5 Å². The molecule has 3 nitrogen and oxygen atoms in total. The van der Waals surface area contributed by atoms with Crippen LogP contribution in [0.3, 0.4) is 0 Å². The summed E-state index contributed by atoms with van der Waals surface area (Å²) in [5, 5.41) is 2.78. The van der Waals surface area contributed by atoms with Crippen molar-refractivity contribution in [1.82, 2.24) is 10.2 Å². The van der Waals surface area contributed by atoms with Crippen molar-refractivity contribution in [2.24, 2.45) is 0 Å². The molecule has 1 aromatic rings. The molecule has 0 unspecified atom stereocenters. The molecule has 1 aromatic carbocycles. The summed E-state index contributed by atoms with van der Waals surface area (Å²) >= 11 is 0. The van der Waals surface area contributed by atoms with Gasteiger partial charge in [-0.05, 0) is 31.5 Å². The quantitative estimate of drug-likeness (QED) is 0.805. The van der Waals surface area contributed by atoms with Crippen molar-refractivity contribution >= 4 is 5.91 Å². The number of nitrogens with one attached hydrogen (secondary N) is 1. The van der Waals surface area contributed by atoms with Crippen LogP contribution in [0.4, 0.5) is 13.2 Å². The number of hydrogen-bond donors (Lipinski definition) is 1. The molecular weight excluding hydrogens is 257 g/mol. The largest absolute Gasteiger partial charge is 0.342 e. The van der Waals surface area contributed by atoms with Gasteiger partial charge in [-0.25, -0.2) is 13.2 Å². The van der Waals surface area contributed by atoms with Crippen LogP contribution in [0.5, 0.6) is 0 Å². The van der Waals surface area contributed by atoms with Crippen LogP contribution in [0.2, 0.25) is 0 Å². The molecule has 0 aliphatic heterocycles. The molecule has 0 fully saturated rings. The van der Waals surface area contributed by atoms with E-state index in [0.29, 0.717) is 13.1 Å². The molecule has 6 heteroatoms. The second kappa shape index (κ2) is 7.13. The highest BCUT2D eigenvalue weighted by Gasteiger charge is 2.11. The highest BCUT2D eigenvalue weighted by atomic mass is 19.2. The Morgan fingerprint density at radius 3 is 2.16 bits per heavy atom. The minimum Gasteiger partial charge on any atom is -0.342 e. The molecule has 0 aliphatic rings. The summed E-state index contributed by atoms with van der Waals surface area (Å²) in [6.45, 7) is 5.12. The second-order valence-electron chi connectivity index (χ2n) is 4.04. The standard InChI is InChI=1S/C13H17F3N2O/c1-3-18(4-2)12(19)8-17-7-9-5-10(14)13(16)11(15)6-9/h5-6,17H,3-4,7-8H2,1-2H3. The van der Waals surface area contributed by atoms with Crippen LogP contribution in [0.25, 0.3) is 0 Å². The fraction of sp³-hybridized carbons (Fsp3) is 0.462. The van der Waals surface area contributed by atoms with Gasteiger partial charge in [-0.15, -0.1) is 0 Å². The van der Waals surface area contributed by atoms with Gasteiger partial charge < -0.3 is 10.2 Å². The van der Waals surface area contributed by atoms with E-state index in [1.54, 1.807) is 4.90 Å². The number of carbonyl (C=O) groups is 1. The molecule has 106 valence electrons. The Bertz CT molecular complexity index is 425. The minimum absolute atomic E-state index is 0.0717. The van der Waals surface area contributed by atoms with Gasteiger partial charge in [0.15, 0.2) is 17.5 Å². The first-order valence-corrected chi connectivity index (χ1v) is 6.11. The van der Waals surface area contributed by atoms with Gasteiger partial charge >= 0.3 is 0 Å². The van der Waals surface area contributed by atoms with Crippen molar-refractivity contribution in [2.75, 3.05) is 19.6 Å². The Hall–Kier alpha value is -1.56. The lowest BCUT2D eigenvalue weighted by atomic mass is 10.2. The number of nitrogens with zero attached hydrogens (tertiary/aromatic N) is 1. The van der Waals surface area contributed by atoms with E-state index in [1.165, 1.54) is 0 Å². The third-order valence-electron chi connectivity index (χ3n) is 2.77. The average Bonchev–Trinajstić information content (AvgIpc) is 2.37. The van der Waals surface area contributed by atoms with E-state index in [-0.39, 0.29) is 24.6 Å². The second-order valence-corrected chi connectivity index (χ2v) is 4.04. The normalized spacial score (nSPS) is 10.6. The van der Waals surface area contributed by atoms with Crippen molar-refractivity contribution in [3.05, 3.63) is 35.1 Å². The van der Waals surface area contributed by atoms with Gasteiger partial charge in [0.25, 0.3) is 0 Å². The fourth-order valence-corrected chi connectivity index (χ4v) is 1.71. The van der Waals surface area contributed by atoms with E-state index in [4.69, 9.17) is 0 Å². The summed E-state index contributed by atoms with van der Waals surface area (Å²) < 4.78 is 38.6. The van der Waals surface area contributed by atoms with Crippen LogP contribution >= 0.6 is 0 Å². The lowest BCUT2D eigenvalue weighted by Crippen LogP contribution is -2.37. The number of amides is 1. The van der Waals surface area contributed by atoms with Crippen LogP contribution < -0.4 is 5.32 Å². The predicted octanol–water partition coefficient (Wildman–Crippen LogP) is 2.06. The van der Waals surface area contributed by atoms with Crippen molar-refractivity contribution in [1.29, 1.82) is 0 Å². The Morgan fingerprint density at radius 2 is 1.68 bits per heavy atom. The van der Waals surface area contributed by atoms with Crippen LogP contribution in [0.1, 0.15) is 19.4 Å². The van der Waals surface area contributed by atoms with Crippen molar-refractivity contribution in [3.63, 3.8) is 0 Å². The summed E-state index contributed by atoms with van der Waals surface area (Å²) in [5.41, 5.74) is 0.253. The van der Waals surface area contributed by atoms with Crippen molar-refractivity contribution < 1.29 is 18.0 Å². The van der Waals surface area contributed by atoms with Crippen molar-refractivity contribution in [2.45, 2.75) is 20.4 Å². The topological polar surface area (TPSA) is 32.3 Å². The van der Waals surface area contributed by atoms with Crippen LogP contribution in [-0.4, -0.2) is 30.4 Å². The molecule has 0 atom stereocenters. The molecule has 0 spiro atoms. The monoisotopic (exact) mass is 274 g/mol. The third kappa shape index (κ3) is 4.24. The number of benzene rings is 1. The summed E-state index contributed by atoms with van der Waals surface area (Å²) in [5.74, 6) is -4.03. The van der Waals surface area contributed by atoms with Gasteiger partial charge in [-0.1, -0.05) is 0 Å². The molecule has 0 radical (unpaired) electrons. The van der Waals surface area contributed by atoms with Gasteiger partial charge in [0.05, 0.1) is 6.54 Å². The van der Waals surface area contributed by atoms with Crippen molar-refractivity contribution in [3.8, 4) is 0 Å². The maximum Gasteiger partial charge on any atom is 0.236 e. The van der Waals surface area contributed by atoms with E-state index in [1.807, 2.05) is 13.8 Å². The SMILES string of the molecule is CCN(CC)C(=O)CNCc1cc(F)c(F)c(F)c1. The number of carbonyl (C=O) groups excluding carboxylic acids is 1. The summed E-state index contributed by atoms with van der Waals surface area (Å²) in [4.78, 5) is 13.3. The first-order chi connectivity index (χ1) is 8.99. The van der Waals surface area contributed by atoms with E-state index >= 15 is 0 Å². The van der Waals surface area contributed by atoms with Crippen LogP contribution in [-0.2, 0) is 11.3 Å². The zero-order valence-corrected chi connectivity index (χ0v) is 11.0. The van der Waals surface area contributed by atoms with Crippen LogP contribution in [0.15, 0.2) is 12.1 Å². The Morgan fingerprint density at radius 1 is 1.16 bits per heavy atom. The van der Waals surface area contributed by atoms with Gasteiger partial charge in [0.2, 0.25) is 5.91 Å². The maximum absolute atomic E-state index is 12.9. The molecular formula is C13H17F3N2O. The Labute approximate surface area is 110 Å². The smallest absolute Gasteiger partial charge is 0.236 e. The van der Waals surface area contributed by atoms with E-state index in [2.05, 4.69) is 5.32 Å². The molecule has 1 amide bonds. The summed E-state index contributed by atoms with van der Waals surface area (Å²) in [6, 6.07) is 1.82. The molecule has 0 bridgehead atoms. The molecule has 0 heterocycles. The predicted molar refractivity (Wildman–Crippen MR) is 66.0 cm³/mol. The number of hydrogen-bond acceptors (Lipinski definition) is 2. The molecule has 1 rings (SSSR count). The molecule has 0 saturated heterocycles. The lowest BCUT2D eigenvalue weighted by molar-refractivity contribution is -0.129. The van der Waals surface area contributed by atoms with E-state index < -0.39 is 17.5 Å². The molecule has 0 aromatic heterocycles. The fourth-order valence-electron chi connectivity index (χ4n) is 1.71. The number of likely N-dealkylation sites (N-methyl/N-ethyl adjacent to an activating group) is 1. The molecule has 0 aliphatic carbocycles. The van der Waals surface area contributed by atoms with Gasteiger partial charge in [-0.2, -0.15) is 0 Å². The maximum atomic E-state index is 12.9. The zero-order chi connectivity index (χ0) is 14.4. The highest BCUT2D eigenvalue weighted by molar-refractivity contribution is 5.78. The summed E-state index contributed by atoms with van der Waals surface area (Å²) in [7, 11) is 0. The molecule has 19 heavy (non-hydrogen) atoms. The first-order valence-electron chi connectivity index (χ1n) is 6.11. The minimum atomic E-state index is -1.48. The molecule has 0 saturated carbocycles. The zero-order valence-electron chi connectivity index (χ0n) is 11.0. The Balaban J connectivity index is 2.52. The molecule has 1 N–H and O–H groups in total. The number of rotatable bonds is 6. The van der Waals surface area contributed by atoms with E-state index in [9.17, 15) is 18.0 Å². The lowest BCUT2D eigenvalue weighted by Gasteiger charge is -2.18. The number of halogens is 3. The highest BCUT2D eigenvalue weighted by Crippen LogP contribution is 2.13. The Kier molecular flexibility index (Phi) is 5.82. The first kappa shape index (κ1) is 15.5.